The number of carbonyl (C=O) groups excluding carboxylic acids is 1. The van der Waals surface area contributed by atoms with Gasteiger partial charge in [0.25, 0.3) is 0 Å². The van der Waals surface area contributed by atoms with Crippen LogP contribution in [0.2, 0.25) is 0 Å². The molecule has 0 N–H and O–H groups in total. The Kier molecular flexibility index (Phi) is 4.36. The van der Waals surface area contributed by atoms with E-state index in [2.05, 4.69) is 4.57 Å². The average molecular weight is 363 g/mol. The van der Waals surface area contributed by atoms with Crippen molar-refractivity contribution in [2.75, 3.05) is 13.7 Å². The normalized spacial score (nSPS) is 11.2. The van der Waals surface area contributed by atoms with Crippen molar-refractivity contribution in [2.45, 2.75) is 20.4 Å². The Bertz CT molecular complexity index is 1120. The SMILES string of the molecule is CCOC(=O)c1c(C)n(Cc2ccco2)c2c1cc(OC)c1ccccc12. The molecule has 2 aromatic carbocycles. The first kappa shape index (κ1) is 17.2. The second-order valence-electron chi connectivity index (χ2n) is 6.37. The van der Waals surface area contributed by atoms with Crippen molar-refractivity contribution >= 4 is 27.6 Å². The number of hydrogen-bond donors (Lipinski definition) is 0. The fourth-order valence-corrected chi connectivity index (χ4v) is 3.69. The fourth-order valence-electron chi connectivity index (χ4n) is 3.69. The van der Waals surface area contributed by atoms with E-state index in [1.54, 1.807) is 13.4 Å². The Morgan fingerprint density at radius 2 is 1.89 bits per heavy atom. The van der Waals surface area contributed by atoms with E-state index in [-0.39, 0.29) is 5.97 Å². The molecule has 0 spiro atoms. The van der Waals surface area contributed by atoms with Crippen molar-refractivity contribution in [1.82, 2.24) is 4.57 Å². The smallest absolute Gasteiger partial charge is 0.340 e. The van der Waals surface area contributed by atoms with Gasteiger partial charge in [-0.2, -0.15) is 0 Å². The highest BCUT2D eigenvalue weighted by Crippen LogP contribution is 2.38. The molecule has 0 aliphatic heterocycles. The van der Waals surface area contributed by atoms with Gasteiger partial charge in [0.1, 0.15) is 11.5 Å². The van der Waals surface area contributed by atoms with Crippen LogP contribution in [-0.4, -0.2) is 24.3 Å². The van der Waals surface area contributed by atoms with Crippen LogP contribution >= 0.6 is 0 Å². The largest absolute Gasteiger partial charge is 0.496 e. The van der Waals surface area contributed by atoms with Crippen LogP contribution in [0.25, 0.3) is 21.7 Å². The van der Waals surface area contributed by atoms with Gasteiger partial charge < -0.3 is 18.5 Å². The van der Waals surface area contributed by atoms with Gasteiger partial charge in [-0.05, 0) is 32.0 Å². The number of fused-ring (bicyclic) bond motifs is 3. The summed E-state index contributed by atoms with van der Waals surface area (Å²) >= 11 is 0. The maximum Gasteiger partial charge on any atom is 0.340 e. The van der Waals surface area contributed by atoms with Crippen LogP contribution in [0.1, 0.15) is 28.7 Å². The van der Waals surface area contributed by atoms with Crippen molar-refractivity contribution < 1.29 is 18.7 Å². The molecule has 5 nitrogen and oxygen atoms in total. The van der Waals surface area contributed by atoms with Gasteiger partial charge in [-0.1, -0.05) is 24.3 Å². The minimum atomic E-state index is -0.324. The van der Waals surface area contributed by atoms with Gasteiger partial charge in [0.2, 0.25) is 0 Å². The third kappa shape index (κ3) is 2.76. The van der Waals surface area contributed by atoms with E-state index in [9.17, 15) is 4.79 Å². The molecule has 0 unspecified atom stereocenters. The van der Waals surface area contributed by atoms with Gasteiger partial charge >= 0.3 is 5.97 Å². The molecule has 0 saturated heterocycles. The van der Waals surface area contributed by atoms with E-state index in [0.717, 1.165) is 38.9 Å². The Morgan fingerprint density at radius 1 is 1.11 bits per heavy atom. The van der Waals surface area contributed by atoms with Crippen LogP contribution in [-0.2, 0) is 11.3 Å². The molecule has 4 aromatic rings. The highest BCUT2D eigenvalue weighted by molar-refractivity contribution is 6.16. The highest BCUT2D eigenvalue weighted by atomic mass is 16.5. The Hall–Kier alpha value is -3.21. The zero-order valence-electron chi connectivity index (χ0n) is 15.6. The average Bonchev–Trinajstić information content (AvgIpc) is 3.28. The molecule has 4 rings (SSSR count). The Labute approximate surface area is 157 Å². The number of ether oxygens (including phenoxy) is 2. The lowest BCUT2D eigenvalue weighted by molar-refractivity contribution is 0.0527. The topological polar surface area (TPSA) is 53.6 Å². The van der Waals surface area contributed by atoms with E-state index < -0.39 is 0 Å². The number of benzene rings is 2. The Balaban J connectivity index is 2.10. The fraction of sp³-hybridized carbons (Fsp3) is 0.227. The summed E-state index contributed by atoms with van der Waals surface area (Å²) in [4.78, 5) is 12.7. The van der Waals surface area contributed by atoms with Crippen LogP contribution in [0.15, 0.2) is 53.1 Å². The summed E-state index contributed by atoms with van der Waals surface area (Å²) in [7, 11) is 1.64. The lowest BCUT2D eigenvalue weighted by Gasteiger charge is -2.11. The van der Waals surface area contributed by atoms with E-state index in [4.69, 9.17) is 13.9 Å². The number of nitrogens with zero attached hydrogens (tertiary/aromatic N) is 1. The number of rotatable bonds is 5. The van der Waals surface area contributed by atoms with Crippen molar-refractivity contribution in [1.29, 1.82) is 0 Å². The van der Waals surface area contributed by atoms with Gasteiger partial charge in [0.05, 0.1) is 37.6 Å². The third-order valence-electron chi connectivity index (χ3n) is 4.88. The molecular formula is C22H21NO4. The van der Waals surface area contributed by atoms with Crippen LogP contribution in [0.3, 0.4) is 0 Å². The van der Waals surface area contributed by atoms with Crippen LogP contribution in [0.4, 0.5) is 0 Å². The standard InChI is InChI=1S/C22H21NO4/c1-4-26-22(24)20-14(2)23(13-15-8-7-11-27-15)21-17-10-6-5-9-16(17)19(25-3)12-18(20)21/h5-12H,4,13H2,1-3H3. The van der Waals surface area contributed by atoms with Gasteiger partial charge in [-0.3, -0.25) is 0 Å². The molecule has 2 heterocycles. The van der Waals surface area contributed by atoms with E-state index in [1.807, 2.05) is 56.3 Å². The maximum absolute atomic E-state index is 12.7. The molecule has 0 fully saturated rings. The summed E-state index contributed by atoms with van der Waals surface area (Å²) in [5, 5.41) is 2.85. The minimum Gasteiger partial charge on any atom is -0.496 e. The quantitative estimate of drug-likeness (QED) is 0.472. The number of furan rings is 1. The predicted molar refractivity (Wildman–Crippen MR) is 104 cm³/mol. The molecule has 0 bridgehead atoms. The highest BCUT2D eigenvalue weighted by Gasteiger charge is 2.24. The van der Waals surface area contributed by atoms with Crippen molar-refractivity contribution in [2.24, 2.45) is 0 Å². The zero-order chi connectivity index (χ0) is 19.0. The third-order valence-corrected chi connectivity index (χ3v) is 4.88. The van der Waals surface area contributed by atoms with Crippen LogP contribution in [0, 0.1) is 6.92 Å². The number of esters is 1. The lowest BCUT2D eigenvalue weighted by atomic mass is 10.0. The molecular weight excluding hydrogens is 342 g/mol. The van der Waals surface area contributed by atoms with Gasteiger partial charge in [0.15, 0.2) is 0 Å². The number of aromatic nitrogens is 1. The Morgan fingerprint density at radius 3 is 2.56 bits per heavy atom. The second-order valence-corrected chi connectivity index (χ2v) is 6.37. The molecule has 27 heavy (non-hydrogen) atoms. The summed E-state index contributed by atoms with van der Waals surface area (Å²) in [5.41, 5.74) is 2.39. The summed E-state index contributed by atoms with van der Waals surface area (Å²) in [5.74, 6) is 1.24. The first-order valence-electron chi connectivity index (χ1n) is 8.93. The number of methoxy groups -OCH3 is 1. The van der Waals surface area contributed by atoms with Crippen molar-refractivity contribution in [3.63, 3.8) is 0 Å². The molecule has 0 amide bonds. The monoisotopic (exact) mass is 363 g/mol. The predicted octanol–water partition coefficient (Wildman–Crippen LogP) is 4.93. The molecule has 0 aliphatic carbocycles. The second kappa shape index (κ2) is 6.83. The molecule has 0 saturated carbocycles. The lowest BCUT2D eigenvalue weighted by Crippen LogP contribution is -2.08. The summed E-state index contributed by atoms with van der Waals surface area (Å²) in [6.07, 6.45) is 1.66. The van der Waals surface area contributed by atoms with Crippen LogP contribution < -0.4 is 4.74 Å². The molecule has 0 radical (unpaired) electrons. The van der Waals surface area contributed by atoms with Crippen LogP contribution in [0.5, 0.6) is 5.75 Å². The number of carbonyl (C=O) groups is 1. The maximum atomic E-state index is 12.7. The summed E-state index contributed by atoms with van der Waals surface area (Å²) in [6, 6.07) is 13.8. The molecule has 0 atom stereocenters. The van der Waals surface area contributed by atoms with Gasteiger partial charge in [-0.25, -0.2) is 4.79 Å². The molecule has 138 valence electrons. The number of hydrogen-bond acceptors (Lipinski definition) is 4. The minimum absolute atomic E-state index is 0.324. The first-order chi connectivity index (χ1) is 13.2. The summed E-state index contributed by atoms with van der Waals surface area (Å²) in [6.45, 7) is 4.61. The van der Waals surface area contributed by atoms with Crippen molar-refractivity contribution in [3.8, 4) is 5.75 Å². The molecule has 2 aromatic heterocycles. The van der Waals surface area contributed by atoms with Crippen molar-refractivity contribution in [3.05, 3.63) is 65.7 Å². The zero-order valence-corrected chi connectivity index (χ0v) is 15.6. The van der Waals surface area contributed by atoms with Gasteiger partial charge in [0, 0.05) is 21.9 Å². The van der Waals surface area contributed by atoms with Gasteiger partial charge in [-0.15, -0.1) is 0 Å². The van der Waals surface area contributed by atoms with E-state index in [1.165, 1.54) is 0 Å². The summed E-state index contributed by atoms with van der Waals surface area (Å²) < 4.78 is 18.6. The first-order valence-corrected chi connectivity index (χ1v) is 8.93. The van der Waals surface area contributed by atoms with E-state index in [0.29, 0.717) is 18.7 Å². The molecule has 0 aliphatic rings. The molecule has 5 heteroatoms. The van der Waals surface area contributed by atoms with E-state index >= 15 is 0 Å².